The minimum absolute atomic E-state index is 0.0403. The summed E-state index contributed by atoms with van der Waals surface area (Å²) in [5, 5.41) is 11.8. The van der Waals surface area contributed by atoms with Crippen molar-refractivity contribution in [1.82, 2.24) is 5.32 Å². The molecule has 1 aromatic carbocycles. The van der Waals surface area contributed by atoms with Gasteiger partial charge in [-0.15, -0.1) is 0 Å². The second-order valence-electron chi connectivity index (χ2n) is 5.40. The summed E-state index contributed by atoms with van der Waals surface area (Å²) < 4.78 is 5.47. The van der Waals surface area contributed by atoms with Crippen LogP contribution in [0.15, 0.2) is 24.3 Å². The Morgan fingerprint density at radius 2 is 2.19 bits per heavy atom. The van der Waals surface area contributed by atoms with Crippen molar-refractivity contribution in [3.8, 4) is 5.75 Å². The molecule has 21 heavy (non-hydrogen) atoms. The number of ether oxygens (including phenoxy) is 1. The average molecular weight is 291 g/mol. The number of carboxylic acid groups (broad SMARTS) is 1. The molecule has 0 saturated heterocycles. The van der Waals surface area contributed by atoms with Crippen LogP contribution in [0.25, 0.3) is 0 Å². The van der Waals surface area contributed by atoms with Gasteiger partial charge in [-0.25, -0.2) is 0 Å². The number of aryl methyl sites for hydroxylation is 1. The minimum atomic E-state index is -0.778. The zero-order valence-electron chi connectivity index (χ0n) is 12.2. The molecule has 2 N–H and O–H groups in total. The summed E-state index contributed by atoms with van der Waals surface area (Å²) in [5.41, 5.74) is 1.16. The van der Waals surface area contributed by atoms with E-state index in [1.165, 1.54) is 0 Å². The van der Waals surface area contributed by atoms with E-state index >= 15 is 0 Å². The fourth-order valence-corrected chi connectivity index (χ4v) is 2.61. The highest BCUT2D eigenvalue weighted by molar-refractivity contribution is 5.78. The second-order valence-corrected chi connectivity index (χ2v) is 5.40. The molecule has 1 aromatic rings. The SMILES string of the molecule is CCc1cccc(OCC(=O)NC2CCC(C(=O)O)C2)c1. The summed E-state index contributed by atoms with van der Waals surface area (Å²) in [5.74, 6) is -0.635. The van der Waals surface area contributed by atoms with Crippen molar-refractivity contribution in [3.05, 3.63) is 29.8 Å². The number of amides is 1. The van der Waals surface area contributed by atoms with Gasteiger partial charge in [0.2, 0.25) is 0 Å². The number of carbonyl (C=O) groups is 2. The Kier molecular flexibility index (Phi) is 5.20. The lowest BCUT2D eigenvalue weighted by Gasteiger charge is -2.13. The summed E-state index contributed by atoms with van der Waals surface area (Å²) >= 11 is 0. The first-order valence-electron chi connectivity index (χ1n) is 7.32. The number of nitrogens with one attached hydrogen (secondary N) is 1. The summed E-state index contributed by atoms with van der Waals surface area (Å²) in [7, 11) is 0. The van der Waals surface area contributed by atoms with Gasteiger partial charge in [-0.3, -0.25) is 9.59 Å². The standard InChI is InChI=1S/C16H21NO4/c1-2-11-4-3-5-14(8-11)21-10-15(18)17-13-7-6-12(9-13)16(19)20/h3-5,8,12-13H,2,6-7,9-10H2,1H3,(H,17,18)(H,19,20). The Labute approximate surface area is 124 Å². The van der Waals surface area contributed by atoms with Crippen molar-refractivity contribution >= 4 is 11.9 Å². The molecular formula is C16H21NO4. The van der Waals surface area contributed by atoms with E-state index in [2.05, 4.69) is 12.2 Å². The first-order chi connectivity index (χ1) is 10.1. The van der Waals surface area contributed by atoms with Crippen LogP contribution in [0.3, 0.4) is 0 Å². The smallest absolute Gasteiger partial charge is 0.306 e. The van der Waals surface area contributed by atoms with Crippen LogP contribution < -0.4 is 10.1 Å². The molecule has 0 aliphatic heterocycles. The molecular weight excluding hydrogens is 270 g/mol. The fourth-order valence-electron chi connectivity index (χ4n) is 2.61. The Balaban J connectivity index is 1.76. The van der Waals surface area contributed by atoms with Gasteiger partial charge in [0.25, 0.3) is 5.91 Å². The van der Waals surface area contributed by atoms with Crippen molar-refractivity contribution in [2.45, 2.75) is 38.6 Å². The third-order valence-corrected chi connectivity index (χ3v) is 3.82. The van der Waals surface area contributed by atoms with Gasteiger partial charge in [0.15, 0.2) is 6.61 Å². The third kappa shape index (κ3) is 4.48. The monoisotopic (exact) mass is 291 g/mol. The molecule has 114 valence electrons. The molecule has 0 bridgehead atoms. The van der Waals surface area contributed by atoms with Crippen LogP contribution in [0.5, 0.6) is 5.75 Å². The molecule has 2 atom stereocenters. The number of carbonyl (C=O) groups excluding carboxylic acids is 1. The zero-order chi connectivity index (χ0) is 15.2. The molecule has 5 heteroatoms. The van der Waals surface area contributed by atoms with Gasteiger partial charge in [0.05, 0.1) is 5.92 Å². The molecule has 0 radical (unpaired) electrons. The second kappa shape index (κ2) is 7.11. The van der Waals surface area contributed by atoms with Gasteiger partial charge < -0.3 is 15.2 Å². The van der Waals surface area contributed by atoms with Crippen LogP contribution in [0.1, 0.15) is 31.7 Å². The van der Waals surface area contributed by atoms with E-state index in [0.29, 0.717) is 25.0 Å². The zero-order valence-corrected chi connectivity index (χ0v) is 12.2. The van der Waals surface area contributed by atoms with E-state index in [1.54, 1.807) is 0 Å². The van der Waals surface area contributed by atoms with Gasteiger partial charge in [-0.2, -0.15) is 0 Å². The number of hydrogen-bond acceptors (Lipinski definition) is 3. The molecule has 0 heterocycles. The number of benzene rings is 1. The molecule has 2 unspecified atom stereocenters. The Morgan fingerprint density at radius 3 is 2.86 bits per heavy atom. The van der Waals surface area contributed by atoms with Gasteiger partial charge in [-0.1, -0.05) is 19.1 Å². The van der Waals surface area contributed by atoms with Crippen molar-refractivity contribution in [3.63, 3.8) is 0 Å². The Bertz CT molecular complexity index is 515. The van der Waals surface area contributed by atoms with Crippen molar-refractivity contribution in [1.29, 1.82) is 0 Å². The topological polar surface area (TPSA) is 75.6 Å². The molecule has 1 aliphatic carbocycles. The first-order valence-corrected chi connectivity index (χ1v) is 7.32. The quantitative estimate of drug-likeness (QED) is 0.840. The lowest BCUT2D eigenvalue weighted by molar-refractivity contribution is -0.141. The van der Waals surface area contributed by atoms with E-state index < -0.39 is 5.97 Å². The predicted molar refractivity (Wildman–Crippen MR) is 78.2 cm³/mol. The lowest BCUT2D eigenvalue weighted by atomic mass is 10.1. The molecule has 1 aliphatic rings. The van der Waals surface area contributed by atoms with E-state index in [4.69, 9.17) is 9.84 Å². The number of hydrogen-bond donors (Lipinski definition) is 2. The summed E-state index contributed by atoms with van der Waals surface area (Å²) in [6.07, 6.45) is 2.77. The molecule has 2 rings (SSSR count). The predicted octanol–water partition coefficient (Wildman–Crippen LogP) is 2.00. The summed E-state index contributed by atoms with van der Waals surface area (Å²) in [6.45, 7) is 2.02. The van der Waals surface area contributed by atoms with E-state index in [1.807, 2.05) is 24.3 Å². The number of aliphatic carboxylic acids is 1. The number of carboxylic acids is 1. The minimum Gasteiger partial charge on any atom is -0.484 e. The fraction of sp³-hybridized carbons (Fsp3) is 0.500. The van der Waals surface area contributed by atoms with E-state index in [-0.39, 0.29) is 24.5 Å². The summed E-state index contributed by atoms with van der Waals surface area (Å²) in [6, 6.07) is 7.60. The first kappa shape index (κ1) is 15.4. The molecule has 0 aromatic heterocycles. The van der Waals surface area contributed by atoms with Gasteiger partial charge in [-0.05, 0) is 43.4 Å². The van der Waals surface area contributed by atoms with Crippen molar-refractivity contribution < 1.29 is 19.4 Å². The molecule has 1 amide bonds. The van der Waals surface area contributed by atoms with E-state index in [9.17, 15) is 9.59 Å². The lowest BCUT2D eigenvalue weighted by Crippen LogP contribution is -2.36. The van der Waals surface area contributed by atoms with Crippen LogP contribution >= 0.6 is 0 Å². The van der Waals surface area contributed by atoms with Crippen LogP contribution in [0.2, 0.25) is 0 Å². The highest BCUT2D eigenvalue weighted by Crippen LogP contribution is 2.25. The normalized spacial score (nSPS) is 21.0. The van der Waals surface area contributed by atoms with Crippen LogP contribution in [0.4, 0.5) is 0 Å². The molecule has 5 nitrogen and oxygen atoms in total. The van der Waals surface area contributed by atoms with Gasteiger partial charge in [0, 0.05) is 6.04 Å². The molecule has 0 spiro atoms. The van der Waals surface area contributed by atoms with Crippen molar-refractivity contribution in [2.24, 2.45) is 5.92 Å². The van der Waals surface area contributed by atoms with Crippen LogP contribution in [-0.2, 0) is 16.0 Å². The maximum Gasteiger partial charge on any atom is 0.306 e. The average Bonchev–Trinajstić information content (AvgIpc) is 2.94. The highest BCUT2D eigenvalue weighted by atomic mass is 16.5. The largest absolute Gasteiger partial charge is 0.484 e. The Hall–Kier alpha value is -2.04. The highest BCUT2D eigenvalue weighted by Gasteiger charge is 2.30. The maximum absolute atomic E-state index is 11.8. The van der Waals surface area contributed by atoms with E-state index in [0.717, 1.165) is 12.0 Å². The van der Waals surface area contributed by atoms with Gasteiger partial charge in [0.1, 0.15) is 5.75 Å². The maximum atomic E-state index is 11.8. The van der Waals surface area contributed by atoms with Crippen LogP contribution in [-0.4, -0.2) is 29.6 Å². The summed E-state index contributed by atoms with van der Waals surface area (Å²) in [4.78, 5) is 22.7. The van der Waals surface area contributed by atoms with Crippen LogP contribution in [0, 0.1) is 5.92 Å². The Morgan fingerprint density at radius 1 is 1.38 bits per heavy atom. The molecule has 1 fully saturated rings. The van der Waals surface area contributed by atoms with Gasteiger partial charge >= 0.3 is 5.97 Å². The number of rotatable bonds is 6. The van der Waals surface area contributed by atoms with Crippen molar-refractivity contribution in [2.75, 3.05) is 6.61 Å². The molecule has 1 saturated carbocycles. The third-order valence-electron chi connectivity index (χ3n) is 3.82.